The summed E-state index contributed by atoms with van der Waals surface area (Å²) in [6, 6.07) is -0.330. The second-order valence-electron chi connectivity index (χ2n) is 4.56. The monoisotopic (exact) mass is 320 g/mol. The normalized spacial score (nSPS) is 32.6. The number of ether oxygens (including phenoxy) is 1. The van der Waals surface area contributed by atoms with Crippen LogP contribution in [0.4, 0.5) is 0 Å². The molecule has 0 radical (unpaired) electrons. The fourth-order valence-corrected chi connectivity index (χ4v) is 4.85. The van der Waals surface area contributed by atoms with Gasteiger partial charge in [-0.15, -0.1) is 11.8 Å². The molecule has 0 aromatic carbocycles. The van der Waals surface area contributed by atoms with Crippen molar-refractivity contribution >= 4 is 34.9 Å². The summed E-state index contributed by atoms with van der Waals surface area (Å²) in [6.07, 6.45) is 2.48. The number of carbonyl (C=O) groups is 2. The second-order valence-corrected chi connectivity index (χ2v) is 6.78. The average molecular weight is 320 g/mol. The highest BCUT2D eigenvalue weighted by Crippen LogP contribution is 2.47. The molecule has 1 amide bonds. The van der Waals surface area contributed by atoms with Crippen LogP contribution in [0.2, 0.25) is 0 Å². The van der Waals surface area contributed by atoms with Gasteiger partial charge in [-0.25, -0.2) is 8.93 Å². The van der Waals surface area contributed by atoms with Crippen LogP contribution in [0.3, 0.4) is 0 Å². The minimum absolute atomic E-state index is 0.139. The molecule has 0 aromatic heterocycles. The molecule has 112 valence electrons. The van der Waals surface area contributed by atoms with Gasteiger partial charge in [-0.2, -0.15) is 0 Å². The Balaban J connectivity index is 1.89. The molecule has 2 bridgehead atoms. The molecular weight excluding hydrogens is 304 g/mol. The van der Waals surface area contributed by atoms with Gasteiger partial charge >= 0.3 is 5.97 Å². The maximum absolute atomic E-state index is 11.7. The van der Waals surface area contributed by atoms with Gasteiger partial charge in [0.2, 0.25) is 17.2 Å². The zero-order valence-corrected chi connectivity index (χ0v) is 12.2. The van der Waals surface area contributed by atoms with Crippen molar-refractivity contribution in [2.45, 2.75) is 35.5 Å². The fraction of sp³-hybridized carbons (Fsp3) is 0.636. The standard InChI is InChI=1S/C11H16N2O5S2/c1-2-8(14)12-5-9(15)18-11-7-4-3-6(19-7)10(11)13-20(16)17/h2,6-7,10-11,13H,1,3-5H2,(H,12,14)(H,16,17). The van der Waals surface area contributed by atoms with Gasteiger partial charge in [0.05, 0.1) is 6.04 Å². The highest BCUT2D eigenvalue weighted by Gasteiger charge is 2.51. The van der Waals surface area contributed by atoms with Crippen LogP contribution in [0.1, 0.15) is 12.8 Å². The lowest BCUT2D eigenvalue weighted by molar-refractivity contribution is -0.150. The first-order chi connectivity index (χ1) is 9.51. The van der Waals surface area contributed by atoms with E-state index < -0.39 is 29.2 Å². The Kier molecular flexibility index (Phi) is 5.19. The van der Waals surface area contributed by atoms with Crippen molar-refractivity contribution in [1.82, 2.24) is 10.0 Å². The Morgan fingerprint density at radius 3 is 2.80 bits per heavy atom. The van der Waals surface area contributed by atoms with E-state index in [9.17, 15) is 13.8 Å². The molecule has 2 fully saturated rings. The topological polar surface area (TPSA) is 105 Å². The van der Waals surface area contributed by atoms with Crippen molar-refractivity contribution in [2.75, 3.05) is 6.54 Å². The first-order valence-corrected chi connectivity index (χ1v) is 8.18. The summed E-state index contributed by atoms with van der Waals surface area (Å²) < 4.78 is 27.7. The van der Waals surface area contributed by atoms with Crippen LogP contribution in [-0.4, -0.2) is 49.8 Å². The van der Waals surface area contributed by atoms with Crippen LogP contribution >= 0.6 is 11.8 Å². The van der Waals surface area contributed by atoms with E-state index >= 15 is 0 Å². The molecule has 2 aliphatic heterocycles. The van der Waals surface area contributed by atoms with E-state index in [-0.39, 0.29) is 23.1 Å². The summed E-state index contributed by atoms with van der Waals surface area (Å²) in [5, 5.41) is 2.65. The third-order valence-electron chi connectivity index (χ3n) is 3.30. The van der Waals surface area contributed by atoms with Crippen LogP contribution in [0.15, 0.2) is 12.7 Å². The summed E-state index contributed by atoms with van der Waals surface area (Å²) >= 11 is -0.471. The summed E-state index contributed by atoms with van der Waals surface area (Å²) in [4.78, 5) is 22.6. The molecule has 7 nitrogen and oxygen atoms in total. The van der Waals surface area contributed by atoms with E-state index in [1.54, 1.807) is 11.8 Å². The molecule has 0 aliphatic carbocycles. The van der Waals surface area contributed by atoms with Crippen LogP contribution in [0, 0.1) is 0 Å². The van der Waals surface area contributed by atoms with Crippen molar-refractivity contribution in [3.63, 3.8) is 0 Å². The van der Waals surface area contributed by atoms with Crippen molar-refractivity contribution in [1.29, 1.82) is 0 Å². The maximum Gasteiger partial charge on any atom is 0.325 e. The Bertz CT molecular complexity index is 445. The van der Waals surface area contributed by atoms with Crippen LogP contribution in [0.5, 0.6) is 0 Å². The fourth-order valence-electron chi connectivity index (χ4n) is 2.47. The van der Waals surface area contributed by atoms with E-state index in [1.165, 1.54) is 0 Å². The molecule has 2 aliphatic rings. The van der Waals surface area contributed by atoms with Gasteiger partial charge in [0.15, 0.2) is 0 Å². The van der Waals surface area contributed by atoms with E-state index in [4.69, 9.17) is 9.29 Å². The Morgan fingerprint density at radius 1 is 1.45 bits per heavy atom. The summed E-state index contributed by atoms with van der Waals surface area (Å²) in [5.74, 6) is -1.01. The molecule has 2 heterocycles. The number of esters is 1. The SMILES string of the molecule is C=CC(=O)NCC(=O)OC1C2CCC(S2)C1NS(=O)O. The van der Waals surface area contributed by atoms with Gasteiger partial charge in [-0.1, -0.05) is 6.58 Å². The Labute approximate surface area is 123 Å². The van der Waals surface area contributed by atoms with Gasteiger partial charge in [-0.05, 0) is 18.9 Å². The quantitative estimate of drug-likeness (QED) is 0.349. The maximum atomic E-state index is 11.7. The van der Waals surface area contributed by atoms with E-state index in [0.29, 0.717) is 0 Å². The predicted octanol–water partition coefficient (Wildman–Crippen LogP) is -0.427. The van der Waals surface area contributed by atoms with Crippen molar-refractivity contribution in [2.24, 2.45) is 0 Å². The molecule has 3 N–H and O–H groups in total. The summed E-state index contributed by atoms with van der Waals surface area (Å²) in [7, 11) is 0. The number of amides is 1. The lowest BCUT2D eigenvalue weighted by Gasteiger charge is -2.28. The van der Waals surface area contributed by atoms with Gasteiger partial charge < -0.3 is 10.1 Å². The first kappa shape index (κ1) is 15.5. The molecule has 0 spiro atoms. The summed E-state index contributed by atoms with van der Waals surface area (Å²) in [6.45, 7) is 3.04. The number of thioether (sulfide) groups is 1. The van der Waals surface area contributed by atoms with E-state index in [2.05, 4.69) is 16.6 Å². The van der Waals surface area contributed by atoms with Gasteiger partial charge in [0, 0.05) is 10.5 Å². The Morgan fingerprint density at radius 2 is 2.15 bits per heavy atom. The molecule has 5 atom stereocenters. The smallest absolute Gasteiger partial charge is 0.325 e. The molecule has 0 aromatic rings. The second kappa shape index (κ2) is 6.70. The zero-order chi connectivity index (χ0) is 14.7. The number of nitrogens with one attached hydrogen (secondary N) is 2. The molecular formula is C11H16N2O5S2. The van der Waals surface area contributed by atoms with Gasteiger partial charge in [0.1, 0.15) is 12.6 Å². The van der Waals surface area contributed by atoms with E-state index in [1.807, 2.05) is 0 Å². The number of hydrogen-bond acceptors (Lipinski definition) is 5. The van der Waals surface area contributed by atoms with Crippen LogP contribution < -0.4 is 10.0 Å². The third kappa shape index (κ3) is 3.60. The number of hydrogen-bond donors (Lipinski definition) is 3. The largest absolute Gasteiger partial charge is 0.458 e. The van der Waals surface area contributed by atoms with Gasteiger partial charge in [0.25, 0.3) is 0 Å². The minimum atomic E-state index is -2.14. The lowest BCUT2D eigenvalue weighted by atomic mass is 9.93. The van der Waals surface area contributed by atoms with E-state index in [0.717, 1.165) is 18.9 Å². The molecule has 9 heteroatoms. The highest BCUT2D eigenvalue weighted by molar-refractivity contribution is 8.01. The lowest BCUT2D eigenvalue weighted by Crippen LogP contribution is -2.50. The molecule has 2 rings (SSSR count). The zero-order valence-electron chi connectivity index (χ0n) is 10.6. The van der Waals surface area contributed by atoms with Crippen LogP contribution in [0.25, 0.3) is 0 Å². The van der Waals surface area contributed by atoms with Crippen molar-refractivity contribution < 1.29 is 23.1 Å². The van der Waals surface area contributed by atoms with Crippen molar-refractivity contribution in [3.8, 4) is 0 Å². The van der Waals surface area contributed by atoms with Gasteiger partial charge in [-0.3, -0.25) is 14.1 Å². The van der Waals surface area contributed by atoms with Crippen LogP contribution in [-0.2, 0) is 25.6 Å². The minimum Gasteiger partial charge on any atom is -0.458 e. The predicted molar refractivity (Wildman–Crippen MR) is 75.2 cm³/mol. The summed E-state index contributed by atoms with van der Waals surface area (Å²) in [5.41, 5.74) is 0. The number of fused-ring (bicyclic) bond motifs is 2. The highest BCUT2D eigenvalue weighted by atomic mass is 32.2. The third-order valence-corrected chi connectivity index (χ3v) is 5.51. The molecule has 2 saturated heterocycles. The first-order valence-electron chi connectivity index (χ1n) is 6.13. The number of rotatable bonds is 6. The number of carbonyl (C=O) groups excluding carboxylic acids is 2. The van der Waals surface area contributed by atoms with Crippen molar-refractivity contribution in [3.05, 3.63) is 12.7 Å². The molecule has 0 saturated carbocycles. The molecule has 20 heavy (non-hydrogen) atoms. The average Bonchev–Trinajstić information content (AvgIpc) is 2.98. The molecule has 5 unspecified atom stereocenters. The Hall–Kier alpha value is -0.900.